The molecule has 0 bridgehead atoms. The smallest absolute Gasteiger partial charge is 0.324 e. The monoisotopic (exact) mass is 386 g/mol. The van der Waals surface area contributed by atoms with E-state index in [9.17, 15) is 14.4 Å². The molecule has 0 spiro atoms. The molecule has 0 unspecified atom stereocenters. The van der Waals surface area contributed by atoms with Gasteiger partial charge in [-0.2, -0.15) is 0 Å². The van der Waals surface area contributed by atoms with E-state index in [0.717, 1.165) is 19.3 Å². The van der Waals surface area contributed by atoms with Gasteiger partial charge >= 0.3 is 17.9 Å². The van der Waals surface area contributed by atoms with Gasteiger partial charge in [-0.05, 0) is 54.9 Å². The number of carbonyl (C=O) groups excluding carboxylic acids is 3. The summed E-state index contributed by atoms with van der Waals surface area (Å²) < 4.78 is 16.1. The van der Waals surface area contributed by atoms with Gasteiger partial charge in [-0.1, -0.05) is 32.6 Å². The van der Waals surface area contributed by atoms with Crippen LogP contribution in [0.4, 0.5) is 0 Å². The minimum absolute atomic E-state index is 0.174. The highest BCUT2D eigenvalue weighted by Gasteiger charge is 2.52. The molecule has 0 fully saturated rings. The topological polar surface area (TPSA) is 78.9 Å². The molecule has 0 amide bonds. The fraction of sp³-hybridized carbons (Fsp3) is 0.857. The first-order valence-electron chi connectivity index (χ1n) is 9.90. The Morgan fingerprint density at radius 1 is 0.741 bits per heavy atom. The predicted molar refractivity (Wildman–Crippen MR) is 104 cm³/mol. The summed E-state index contributed by atoms with van der Waals surface area (Å²) in [5.41, 5.74) is -3.27. The van der Waals surface area contributed by atoms with E-state index in [4.69, 9.17) is 14.2 Å². The highest BCUT2D eigenvalue weighted by Crippen LogP contribution is 2.36. The molecule has 0 aliphatic carbocycles. The standard InChI is InChI=1S/C21H38O6/c1-9-11-12-13-14-21(15-16(22)25-10-2,17(23)26-19(3,4)5)18(24)27-20(6,7)8/h9-15H2,1-8H3. The molecule has 0 aromatic heterocycles. The first-order chi connectivity index (χ1) is 12.3. The molecule has 0 saturated carbocycles. The molecule has 0 heterocycles. The Bertz CT molecular complexity index is 468. The van der Waals surface area contributed by atoms with Gasteiger partial charge in [0.1, 0.15) is 11.2 Å². The van der Waals surface area contributed by atoms with Gasteiger partial charge in [-0.3, -0.25) is 14.4 Å². The average molecular weight is 387 g/mol. The molecule has 0 radical (unpaired) electrons. The van der Waals surface area contributed by atoms with Crippen molar-refractivity contribution in [1.29, 1.82) is 0 Å². The molecule has 6 heteroatoms. The van der Waals surface area contributed by atoms with Crippen molar-refractivity contribution in [2.45, 2.75) is 105 Å². The van der Waals surface area contributed by atoms with Crippen LogP contribution in [-0.4, -0.2) is 35.7 Å². The zero-order chi connectivity index (χ0) is 21.3. The van der Waals surface area contributed by atoms with E-state index in [-0.39, 0.29) is 19.4 Å². The van der Waals surface area contributed by atoms with E-state index >= 15 is 0 Å². The van der Waals surface area contributed by atoms with E-state index in [1.165, 1.54) is 0 Å². The molecule has 27 heavy (non-hydrogen) atoms. The summed E-state index contributed by atoms with van der Waals surface area (Å²) in [6, 6.07) is 0. The Hall–Kier alpha value is -1.59. The number of esters is 3. The van der Waals surface area contributed by atoms with Gasteiger partial charge in [0.25, 0.3) is 0 Å². The van der Waals surface area contributed by atoms with Crippen LogP contribution in [0, 0.1) is 5.41 Å². The van der Waals surface area contributed by atoms with E-state index < -0.39 is 34.5 Å². The first kappa shape index (κ1) is 25.4. The van der Waals surface area contributed by atoms with Crippen molar-refractivity contribution in [2.75, 3.05) is 6.61 Å². The van der Waals surface area contributed by atoms with Crippen molar-refractivity contribution < 1.29 is 28.6 Å². The maximum absolute atomic E-state index is 13.1. The Morgan fingerprint density at radius 3 is 1.59 bits per heavy atom. The number of hydrogen-bond acceptors (Lipinski definition) is 6. The Kier molecular flexibility index (Phi) is 10.0. The van der Waals surface area contributed by atoms with E-state index in [0.29, 0.717) is 6.42 Å². The van der Waals surface area contributed by atoms with E-state index in [1.807, 2.05) is 0 Å². The molecular weight excluding hydrogens is 348 g/mol. The second kappa shape index (κ2) is 10.7. The van der Waals surface area contributed by atoms with Gasteiger partial charge < -0.3 is 14.2 Å². The van der Waals surface area contributed by atoms with Crippen molar-refractivity contribution in [3.63, 3.8) is 0 Å². The number of ether oxygens (including phenoxy) is 3. The van der Waals surface area contributed by atoms with Crippen LogP contribution in [0.15, 0.2) is 0 Å². The van der Waals surface area contributed by atoms with Gasteiger partial charge in [0.05, 0.1) is 13.0 Å². The van der Waals surface area contributed by atoms with Crippen LogP contribution in [0.3, 0.4) is 0 Å². The number of unbranched alkanes of at least 4 members (excludes halogenated alkanes) is 3. The Labute approximate surface area is 164 Å². The van der Waals surface area contributed by atoms with Gasteiger partial charge in [0.2, 0.25) is 0 Å². The second-order valence-electron chi connectivity index (χ2n) is 8.88. The summed E-state index contributed by atoms with van der Waals surface area (Å²) in [4.78, 5) is 38.4. The van der Waals surface area contributed by atoms with Gasteiger partial charge in [0, 0.05) is 0 Å². The Morgan fingerprint density at radius 2 is 1.22 bits per heavy atom. The third kappa shape index (κ3) is 9.78. The van der Waals surface area contributed by atoms with E-state index in [2.05, 4.69) is 6.92 Å². The molecule has 6 nitrogen and oxygen atoms in total. The molecule has 0 saturated heterocycles. The lowest BCUT2D eigenvalue weighted by Gasteiger charge is -2.34. The van der Waals surface area contributed by atoms with Crippen LogP contribution in [0.2, 0.25) is 0 Å². The maximum atomic E-state index is 13.1. The van der Waals surface area contributed by atoms with Crippen LogP contribution < -0.4 is 0 Å². The quantitative estimate of drug-likeness (QED) is 0.237. The number of rotatable bonds is 10. The summed E-state index contributed by atoms with van der Waals surface area (Å²) in [6.07, 6.45) is 3.28. The molecule has 0 aromatic rings. The number of carbonyl (C=O) groups is 3. The van der Waals surface area contributed by atoms with Gasteiger partial charge in [-0.15, -0.1) is 0 Å². The normalized spacial score (nSPS) is 12.4. The fourth-order valence-corrected chi connectivity index (χ4v) is 2.58. The molecular formula is C21H38O6. The molecule has 0 aliphatic heterocycles. The Balaban J connectivity index is 5.88. The van der Waals surface area contributed by atoms with E-state index in [1.54, 1.807) is 48.5 Å². The lowest BCUT2D eigenvalue weighted by Crippen LogP contribution is -2.48. The fourth-order valence-electron chi connectivity index (χ4n) is 2.58. The summed E-state index contributed by atoms with van der Waals surface area (Å²) >= 11 is 0. The molecule has 0 atom stereocenters. The SMILES string of the molecule is CCCCCCC(CC(=O)OCC)(C(=O)OC(C)(C)C)C(=O)OC(C)(C)C. The average Bonchev–Trinajstić information content (AvgIpc) is 2.46. The highest BCUT2D eigenvalue weighted by molar-refractivity contribution is 6.03. The first-order valence-corrected chi connectivity index (χ1v) is 9.90. The zero-order valence-corrected chi connectivity index (χ0v) is 18.4. The van der Waals surface area contributed by atoms with Crippen LogP contribution in [-0.2, 0) is 28.6 Å². The van der Waals surface area contributed by atoms with Crippen LogP contribution in [0.1, 0.15) is 93.9 Å². The van der Waals surface area contributed by atoms with Crippen LogP contribution >= 0.6 is 0 Å². The third-order valence-electron chi connectivity index (χ3n) is 3.79. The van der Waals surface area contributed by atoms with Crippen molar-refractivity contribution in [3.05, 3.63) is 0 Å². The minimum atomic E-state index is -1.69. The summed E-state index contributed by atoms with van der Waals surface area (Å²) in [5.74, 6) is -2.06. The highest BCUT2D eigenvalue weighted by atomic mass is 16.6. The van der Waals surface area contributed by atoms with Crippen LogP contribution in [0.25, 0.3) is 0 Å². The van der Waals surface area contributed by atoms with Crippen molar-refractivity contribution in [2.24, 2.45) is 5.41 Å². The van der Waals surface area contributed by atoms with Crippen LogP contribution in [0.5, 0.6) is 0 Å². The molecule has 0 aromatic carbocycles. The molecule has 0 rings (SSSR count). The maximum Gasteiger partial charge on any atom is 0.324 e. The van der Waals surface area contributed by atoms with Gasteiger partial charge in [0.15, 0.2) is 5.41 Å². The molecule has 158 valence electrons. The lowest BCUT2D eigenvalue weighted by molar-refractivity contribution is -0.189. The lowest BCUT2D eigenvalue weighted by atomic mass is 9.78. The molecule has 0 N–H and O–H groups in total. The van der Waals surface area contributed by atoms with Crippen molar-refractivity contribution in [1.82, 2.24) is 0 Å². The second-order valence-corrected chi connectivity index (χ2v) is 8.88. The third-order valence-corrected chi connectivity index (χ3v) is 3.79. The van der Waals surface area contributed by atoms with Crippen molar-refractivity contribution >= 4 is 17.9 Å². The largest absolute Gasteiger partial charge is 0.466 e. The summed E-state index contributed by atoms with van der Waals surface area (Å²) in [6.45, 7) is 14.3. The summed E-state index contributed by atoms with van der Waals surface area (Å²) in [7, 11) is 0. The molecule has 0 aliphatic rings. The number of hydrogen-bond donors (Lipinski definition) is 0. The minimum Gasteiger partial charge on any atom is -0.466 e. The van der Waals surface area contributed by atoms with Crippen molar-refractivity contribution in [3.8, 4) is 0 Å². The van der Waals surface area contributed by atoms with Gasteiger partial charge in [-0.25, -0.2) is 0 Å². The summed E-state index contributed by atoms with van der Waals surface area (Å²) in [5, 5.41) is 0. The predicted octanol–water partition coefficient (Wildman–Crippen LogP) is 4.58. The zero-order valence-electron chi connectivity index (χ0n) is 18.4.